The summed E-state index contributed by atoms with van der Waals surface area (Å²) in [7, 11) is -3.50. The number of hydrogen-bond acceptors (Lipinski definition) is 3. The van der Waals surface area contributed by atoms with Crippen LogP contribution in [0.15, 0.2) is 23.1 Å². The fourth-order valence-corrected chi connectivity index (χ4v) is 3.33. The SMILES string of the molecule is CCC(C)(C)NS(=O)(=O)c1cc(CN)ccc1C. The smallest absolute Gasteiger partial charge is 0.241 e. The second kappa shape index (κ2) is 5.38. The summed E-state index contributed by atoms with van der Waals surface area (Å²) in [5.41, 5.74) is 6.64. The zero-order valence-electron chi connectivity index (χ0n) is 11.4. The molecule has 4 nitrogen and oxygen atoms in total. The Morgan fingerprint density at radius 1 is 1.33 bits per heavy atom. The van der Waals surface area contributed by atoms with Crippen molar-refractivity contribution in [3.8, 4) is 0 Å². The lowest BCUT2D eigenvalue weighted by molar-refractivity contribution is 0.439. The molecule has 0 aliphatic heterocycles. The first-order valence-electron chi connectivity index (χ1n) is 6.05. The van der Waals surface area contributed by atoms with Crippen molar-refractivity contribution in [1.29, 1.82) is 0 Å². The minimum absolute atomic E-state index is 0.312. The number of nitrogens with one attached hydrogen (secondary N) is 1. The molecule has 3 N–H and O–H groups in total. The molecule has 1 aromatic carbocycles. The van der Waals surface area contributed by atoms with Crippen molar-refractivity contribution in [2.75, 3.05) is 0 Å². The van der Waals surface area contributed by atoms with E-state index in [0.29, 0.717) is 11.4 Å². The van der Waals surface area contributed by atoms with Crippen LogP contribution in [0.3, 0.4) is 0 Å². The molecule has 1 rings (SSSR count). The molecule has 0 atom stereocenters. The maximum atomic E-state index is 12.3. The van der Waals surface area contributed by atoms with Crippen molar-refractivity contribution in [3.05, 3.63) is 29.3 Å². The van der Waals surface area contributed by atoms with Gasteiger partial charge in [0.25, 0.3) is 0 Å². The Morgan fingerprint density at radius 3 is 2.44 bits per heavy atom. The monoisotopic (exact) mass is 270 g/mol. The van der Waals surface area contributed by atoms with Gasteiger partial charge in [0.2, 0.25) is 10.0 Å². The van der Waals surface area contributed by atoms with E-state index in [4.69, 9.17) is 5.73 Å². The van der Waals surface area contributed by atoms with Crippen molar-refractivity contribution >= 4 is 10.0 Å². The number of hydrogen-bond donors (Lipinski definition) is 2. The predicted octanol–water partition coefficient (Wildman–Crippen LogP) is 1.92. The van der Waals surface area contributed by atoms with Crippen LogP contribution in [0.2, 0.25) is 0 Å². The van der Waals surface area contributed by atoms with E-state index in [-0.39, 0.29) is 0 Å². The first-order chi connectivity index (χ1) is 8.22. The third-order valence-corrected chi connectivity index (χ3v) is 4.91. The topological polar surface area (TPSA) is 72.2 Å². The molecule has 18 heavy (non-hydrogen) atoms. The van der Waals surface area contributed by atoms with Crippen LogP contribution in [-0.4, -0.2) is 14.0 Å². The van der Waals surface area contributed by atoms with Gasteiger partial charge in [-0.1, -0.05) is 19.1 Å². The highest BCUT2D eigenvalue weighted by Crippen LogP contribution is 2.20. The van der Waals surface area contributed by atoms with Gasteiger partial charge in [-0.2, -0.15) is 0 Å². The van der Waals surface area contributed by atoms with Crippen molar-refractivity contribution in [2.45, 2.75) is 51.1 Å². The maximum Gasteiger partial charge on any atom is 0.241 e. The van der Waals surface area contributed by atoms with Gasteiger partial charge in [-0.05, 0) is 44.4 Å². The lowest BCUT2D eigenvalue weighted by atomic mass is 10.0. The van der Waals surface area contributed by atoms with Crippen molar-refractivity contribution in [2.24, 2.45) is 5.73 Å². The van der Waals surface area contributed by atoms with Crippen LogP contribution in [0.5, 0.6) is 0 Å². The normalized spacial score (nSPS) is 12.7. The fourth-order valence-electron chi connectivity index (χ4n) is 1.55. The van der Waals surface area contributed by atoms with Gasteiger partial charge in [-0.25, -0.2) is 13.1 Å². The van der Waals surface area contributed by atoms with Gasteiger partial charge >= 0.3 is 0 Å². The van der Waals surface area contributed by atoms with Crippen LogP contribution in [0.1, 0.15) is 38.3 Å². The highest BCUT2D eigenvalue weighted by molar-refractivity contribution is 7.89. The van der Waals surface area contributed by atoms with Crippen molar-refractivity contribution < 1.29 is 8.42 Å². The fraction of sp³-hybridized carbons (Fsp3) is 0.538. The van der Waals surface area contributed by atoms with E-state index in [1.807, 2.05) is 26.8 Å². The number of aryl methyl sites for hydroxylation is 1. The van der Waals surface area contributed by atoms with Crippen LogP contribution in [0, 0.1) is 6.92 Å². The molecule has 102 valence electrons. The third-order valence-electron chi connectivity index (χ3n) is 3.07. The summed E-state index contributed by atoms with van der Waals surface area (Å²) in [5.74, 6) is 0. The lowest BCUT2D eigenvalue weighted by Crippen LogP contribution is -2.42. The number of rotatable bonds is 5. The largest absolute Gasteiger partial charge is 0.326 e. The summed E-state index contributed by atoms with van der Waals surface area (Å²) >= 11 is 0. The van der Waals surface area contributed by atoms with Gasteiger partial charge in [-0.15, -0.1) is 0 Å². The summed E-state index contributed by atoms with van der Waals surface area (Å²) in [6.07, 6.45) is 0.724. The molecular weight excluding hydrogens is 248 g/mol. The zero-order valence-corrected chi connectivity index (χ0v) is 12.3. The molecule has 0 spiro atoms. The number of sulfonamides is 1. The van der Waals surface area contributed by atoms with Gasteiger partial charge in [0.15, 0.2) is 0 Å². The van der Waals surface area contributed by atoms with Gasteiger partial charge < -0.3 is 5.73 Å². The van der Waals surface area contributed by atoms with Crippen molar-refractivity contribution in [3.63, 3.8) is 0 Å². The van der Waals surface area contributed by atoms with E-state index in [1.54, 1.807) is 19.1 Å². The Labute approximate surface area is 110 Å². The molecule has 0 heterocycles. The Hall–Kier alpha value is -0.910. The zero-order chi connectivity index (χ0) is 14.0. The van der Waals surface area contributed by atoms with E-state index in [0.717, 1.165) is 17.5 Å². The molecule has 0 bridgehead atoms. The van der Waals surface area contributed by atoms with Gasteiger partial charge in [0.05, 0.1) is 4.90 Å². The van der Waals surface area contributed by atoms with Gasteiger partial charge in [0.1, 0.15) is 0 Å². The highest BCUT2D eigenvalue weighted by Gasteiger charge is 2.25. The standard InChI is InChI=1S/C13H22N2O2S/c1-5-13(3,4)15-18(16,17)12-8-11(9-14)7-6-10(12)2/h6-8,15H,5,9,14H2,1-4H3. The summed E-state index contributed by atoms with van der Waals surface area (Å²) < 4.78 is 27.4. The first-order valence-corrected chi connectivity index (χ1v) is 7.54. The van der Waals surface area contributed by atoms with Crippen LogP contribution >= 0.6 is 0 Å². The second-order valence-corrected chi connectivity index (χ2v) is 6.80. The number of nitrogens with two attached hydrogens (primary N) is 1. The molecule has 0 saturated carbocycles. The molecule has 0 aromatic heterocycles. The average Bonchev–Trinajstić information content (AvgIpc) is 2.28. The first kappa shape index (κ1) is 15.1. The molecule has 0 fully saturated rings. The van der Waals surface area contributed by atoms with E-state index in [2.05, 4.69) is 4.72 Å². The minimum atomic E-state index is -3.50. The molecule has 0 aliphatic rings. The Balaban J connectivity index is 3.20. The predicted molar refractivity (Wildman–Crippen MR) is 73.8 cm³/mol. The van der Waals surface area contributed by atoms with E-state index in [9.17, 15) is 8.42 Å². The quantitative estimate of drug-likeness (QED) is 0.858. The van der Waals surface area contributed by atoms with Crippen LogP contribution < -0.4 is 10.5 Å². The summed E-state index contributed by atoms with van der Waals surface area (Å²) in [6, 6.07) is 5.28. The van der Waals surface area contributed by atoms with E-state index >= 15 is 0 Å². The van der Waals surface area contributed by atoms with Crippen LogP contribution in [0.4, 0.5) is 0 Å². The Kier molecular flexibility index (Phi) is 4.53. The highest BCUT2D eigenvalue weighted by atomic mass is 32.2. The molecule has 0 aliphatic carbocycles. The molecule has 0 unspecified atom stereocenters. The van der Waals surface area contributed by atoms with E-state index in [1.165, 1.54) is 0 Å². The van der Waals surface area contributed by atoms with E-state index < -0.39 is 15.6 Å². The summed E-state index contributed by atoms with van der Waals surface area (Å²) in [5, 5.41) is 0. The molecule has 5 heteroatoms. The van der Waals surface area contributed by atoms with Crippen LogP contribution in [0.25, 0.3) is 0 Å². The summed E-state index contributed by atoms with van der Waals surface area (Å²) in [6.45, 7) is 7.80. The molecule has 1 aromatic rings. The van der Waals surface area contributed by atoms with Gasteiger partial charge in [-0.3, -0.25) is 0 Å². The molecule has 0 saturated heterocycles. The second-order valence-electron chi connectivity index (χ2n) is 5.15. The Bertz CT molecular complexity index is 522. The van der Waals surface area contributed by atoms with Crippen LogP contribution in [-0.2, 0) is 16.6 Å². The minimum Gasteiger partial charge on any atom is -0.326 e. The summed E-state index contributed by atoms with van der Waals surface area (Å²) in [4.78, 5) is 0.312. The number of benzene rings is 1. The Morgan fingerprint density at radius 2 is 1.94 bits per heavy atom. The maximum absolute atomic E-state index is 12.3. The van der Waals surface area contributed by atoms with Crippen molar-refractivity contribution in [1.82, 2.24) is 4.72 Å². The average molecular weight is 270 g/mol. The molecular formula is C13H22N2O2S. The third kappa shape index (κ3) is 3.54. The molecule has 0 radical (unpaired) electrons. The lowest BCUT2D eigenvalue weighted by Gasteiger charge is -2.24. The molecule has 0 amide bonds. The van der Waals surface area contributed by atoms with Gasteiger partial charge in [0, 0.05) is 12.1 Å².